The monoisotopic (exact) mass is 138 g/mol. The molecule has 0 atom stereocenters. The van der Waals surface area contributed by atoms with E-state index in [1.165, 1.54) is 0 Å². The van der Waals surface area contributed by atoms with Gasteiger partial charge in [-0.1, -0.05) is 39.3 Å². The second-order valence-corrected chi connectivity index (χ2v) is 1.75. The van der Waals surface area contributed by atoms with Crippen LogP contribution in [0.3, 0.4) is 0 Å². The lowest BCUT2D eigenvalue weighted by Crippen LogP contribution is -2.12. The molecule has 0 aromatic rings. The van der Waals surface area contributed by atoms with Gasteiger partial charge in [0, 0.05) is 16.4 Å². The Balaban J connectivity index is 4.06. The van der Waals surface area contributed by atoms with Crippen molar-refractivity contribution in [2.24, 2.45) is 5.41 Å². The minimum absolute atomic E-state index is 0.751. The second kappa shape index (κ2) is 2.72. The molecule has 1 fully saturated rings. The zero-order valence-corrected chi connectivity index (χ0v) is 5.50. The molecule has 0 nitrogen and oxygen atoms in total. The molecule has 1 aliphatic carbocycles. The summed E-state index contributed by atoms with van der Waals surface area (Å²) in [6.45, 7) is 1.50. The SMILES string of the molecule is [2H]C([2H])(C)C1(C([2H])([2H])C)C([2H])([2H])C([2H])([2H])C([2H])([2H])C1([2H])[2H]. The summed E-state index contributed by atoms with van der Waals surface area (Å²) in [6, 6.07) is 0. The molecule has 0 aromatic heterocycles. The van der Waals surface area contributed by atoms with Gasteiger partial charge in [-0.15, -0.1) is 0 Å². The summed E-state index contributed by atoms with van der Waals surface area (Å²) < 4.78 is 93.9. The van der Waals surface area contributed by atoms with Gasteiger partial charge in [0.15, 0.2) is 0 Å². The fourth-order valence-electron chi connectivity index (χ4n) is 0.656. The van der Waals surface area contributed by atoms with Crippen LogP contribution >= 0.6 is 0 Å². The largest absolute Gasteiger partial charge is 0.0649 e. The Kier molecular flexibility index (Phi) is 0.395. The van der Waals surface area contributed by atoms with Gasteiger partial charge in [0.1, 0.15) is 0 Å². The molecule has 1 rings (SSSR count). The van der Waals surface area contributed by atoms with Gasteiger partial charge >= 0.3 is 0 Å². The fraction of sp³-hybridized carbons (Fsp3) is 1.00. The van der Waals surface area contributed by atoms with Crippen molar-refractivity contribution in [3.05, 3.63) is 0 Å². The molecule has 0 heterocycles. The van der Waals surface area contributed by atoms with Crippen LogP contribution in [0.1, 0.15) is 68.5 Å². The number of hydrogen-bond donors (Lipinski definition) is 0. The van der Waals surface area contributed by atoms with E-state index in [1.54, 1.807) is 0 Å². The van der Waals surface area contributed by atoms with E-state index in [9.17, 15) is 0 Å². The quantitative estimate of drug-likeness (QED) is 0.549. The molecule has 0 N–H and O–H groups in total. The summed E-state index contributed by atoms with van der Waals surface area (Å²) in [5, 5.41) is 0. The molecule has 0 bridgehead atoms. The summed E-state index contributed by atoms with van der Waals surface area (Å²) in [4.78, 5) is 0. The summed E-state index contributed by atoms with van der Waals surface area (Å²) in [7, 11) is 0. The highest BCUT2D eigenvalue weighted by Crippen LogP contribution is 2.43. The molecule has 0 aliphatic heterocycles. The molecule has 54 valence electrons. The molecule has 1 saturated carbocycles. The Labute approximate surface area is 75.5 Å². The molecule has 0 amide bonds. The van der Waals surface area contributed by atoms with E-state index in [2.05, 4.69) is 0 Å². The first-order valence-electron chi connectivity index (χ1n) is 8.75. The lowest BCUT2D eigenvalue weighted by atomic mass is 9.81. The smallest absolute Gasteiger partial charge is 0.0272 e. The van der Waals surface area contributed by atoms with E-state index < -0.39 is 43.7 Å². The van der Waals surface area contributed by atoms with Gasteiger partial charge in [0.25, 0.3) is 0 Å². The minimum Gasteiger partial charge on any atom is -0.0649 e. The van der Waals surface area contributed by atoms with Gasteiger partial charge in [-0.25, -0.2) is 0 Å². The predicted octanol–water partition coefficient (Wildman–Crippen LogP) is 3.37. The predicted molar refractivity (Wildman–Crippen MR) is 41.5 cm³/mol. The van der Waals surface area contributed by atoms with Crippen LogP contribution in [0.2, 0.25) is 0 Å². The number of rotatable bonds is 2. The van der Waals surface area contributed by atoms with Crippen LogP contribution in [0.4, 0.5) is 0 Å². The molecule has 0 unspecified atom stereocenters. The Morgan fingerprint density at radius 3 is 2.00 bits per heavy atom. The third-order valence-corrected chi connectivity index (χ3v) is 1.31. The van der Waals surface area contributed by atoms with Gasteiger partial charge in [0.2, 0.25) is 0 Å². The maximum Gasteiger partial charge on any atom is 0.0272 e. The van der Waals surface area contributed by atoms with Crippen LogP contribution in [0.15, 0.2) is 0 Å². The summed E-state index contributed by atoms with van der Waals surface area (Å²) >= 11 is 0. The van der Waals surface area contributed by atoms with Gasteiger partial charge in [-0.3, -0.25) is 0 Å². The van der Waals surface area contributed by atoms with Crippen molar-refractivity contribution in [1.82, 2.24) is 0 Å². The molecule has 9 heavy (non-hydrogen) atoms. The van der Waals surface area contributed by atoms with Crippen molar-refractivity contribution < 1.29 is 16.4 Å². The average molecular weight is 138 g/mol. The third-order valence-electron chi connectivity index (χ3n) is 1.31. The van der Waals surface area contributed by atoms with Crippen LogP contribution in [-0.4, -0.2) is 0 Å². The zero-order chi connectivity index (χ0) is 17.5. The highest BCUT2D eigenvalue weighted by atomic mass is 14.3. The molecular formula is C9H18. The van der Waals surface area contributed by atoms with E-state index >= 15 is 0 Å². The van der Waals surface area contributed by atoms with Gasteiger partial charge in [-0.05, 0) is 18.2 Å². The van der Waals surface area contributed by atoms with Crippen molar-refractivity contribution in [3.63, 3.8) is 0 Å². The maximum atomic E-state index is 7.95. The Bertz CT molecular complexity index is 395. The zero-order valence-electron chi connectivity index (χ0n) is 17.5. The topological polar surface area (TPSA) is 0 Å². The van der Waals surface area contributed by atoms with Crippen molar-refractivity contribution in [3.8, 4) is 0 Å². The molecular weight excluding hydrogens is 108 g/mol. The molecule has 0 heteroatoms. The molecule has 0 aromatic carbocycles. The summed E-state index contributed by atoms with van der Waals surface area (Å²) in [5.74, 6) is 0. The van der Waals surface area contributed by atoms with E-state index in [4.69, 9.17) is 16.4 Å². The van der Waals surface area contributed by atoms with E-state index in [1.807, 2.05) is 0 Å². The van der Waals surface area contributed by atoms with Crippen LogP contribution in [0, 0.1) is 5.41 Å². The van der Waals surface area contributed by atoms with E-state index in [0.29, 0.717) is 0 Å². The fourth-order valence-corrected chi connectivity index (χ4v) is 0.656. The van der Waals surface area contributed by atoms with Gasteiger partial charge in [0.05, 0.1) is 0 Å². The van der Waals surface area contributed by atoms with E-state index in [-0.39, 0.29) is 0 Å². The van der Waals surface area contributed by atoms with Gasteiger partial charge < -0.3 is 0 Å². The minimum atomic E-state index is -3.43. The van der Waals surface area contributed by atoms with Crippen molar-refractivity contribution in [2.45, 2.75) is 52.1 Å². The van der Waals surface area contributed by atoms with Crippen LogP contribution < -0.4 is 0 Å². The maximum absolute atomic E-state index is 7.95. The summed E-state index contributed by atoms with van der Waals surface area (Å²) in [5.41, 5.74) is -3.19. The highest BCUT2D eigenvalue weighted by Gasteiger charge is 2.29. The Morgan fingerprint density at radius 1 is 1.33 bits per heavy atom. The van der Waals surface area contributed by atoms with Gasteiger partial charge in [-0.2, -0.15) is 0 Å². The first kappa shape index (κ1) is 1.31. The molecule has 0 radical (unpaired) electrons. The standard InChI is InChI=1S/C9H18/c1-3-9(4-2)7-5-6-8-9/h3-8H2,1-2H3/i3D2,4D2,5D2,6D2,7D2,8D2. The van der Waals surface area contributed by atoms with E-state index in [0.717, 1.165) is 13.8 Å². The lowest BCUT2D eigenvalue weighted by molar-refractivity contribution is 0.273. The highest BCUT2D eigenvalue weighted by molar-refractivity contribution is 4.81. The first-order valence-corrected chi connectivity index (χ1v) is 2.75. The normalized spacial score (nSPS) is 70.0. The summed E-state index contributed by atoms with van der Waals surface area (Å²) in [6.07, 6.45) is -19.4. The van der Waals surface area contributed by atoms with Crippen LogP contribution in [0.25, 0.3) is 0 Å². The third kappa shape index (κ3) is 1.28. The molecule has 1 aliphatic rings. The average Bonchev–Trinajstić information content (AvgIpc) is 2.15. The van der Waals surface area contributed by atoms with Crippen molar-refractivity contribution >= 4 is 0 Å². The van der Waals surface area contributed by atoms with Crippen molar-refractivity contribution in [2.75, 3.05) is 0 Å². The first-order chi connectivity index (χ1) is 8.75. The molecule has 0 spiro atoms. The molecule has 0 saturated heterocycles. The van der Waals surface area contributed by atoms with Crippen molar-refractivity contribution in [1.29, 1.82) is 0 Å². The Hall–Kier alpha value is 0. The number of hydrogen-bond acceptors (Lipinski definition) is 0. The Morgan fingerprint density at radius 2 is 1.78 bits per heavy atom. The van der Waals surface area contributed by atoms with Crippen LogP contribution in [0.5, 0.6) is 0 Å². The van der Waals surface area contributed by atoms with Crippen LogP contribution in [-0.2, 0) is 0 Å². The second-order valence-electron chi connectivity index (χ2n) is 1.75. The lowest BCUT2D eigenvalue weighted by Gasteiger charge is -2.24.